The minimum absolute atomic E-state index is 0.118. The van der Waals surface area contributed by atoms with E-state index in [0.29, 0.717) is 23.2 Å². The molecule has 0 aliphatic heterocycles. The van der Waals surface area contributed by atoms with Crippen LogP contribution in [-0.2, 0) is 10.0 Å². The predicted octanol–water partition coefficient (Wildman–Crippen LogP) is 1.86. The number of hydrogen-bond donors (Lipinski definition) is 2. The lowest BCUT2D eigenvalue weighted by Crippen LogP contribution is -2.36. The van der Waals surface area contributed by atoms with Gasteiger partial charge in [-0.1, -0.05) is 22.9 Å². The van der Waals surface area contributed by atoms with E-state index in [2.05, 4.69) is 20.7 Å². The molecule has 1 unspecified atom stereocenters. The van der Waals surface area contributed by atoms with Gasteiger partial charge in [0.05, 0.1) is 6.61 Å². The maximum Gasteiger partial charge on any atom is 0.244 e. The number of benzene rings is 1. The molecule has 0 radical (unpaired) electrons. The van der Waals surface area contributed by atoms with Crippen molar-refractivity contribution in [3.8, 4) is 5.75 Å². The van der Waals surface area contributed by atoms with Gasteiger partial charge in [-0.2, -0.15) is 0 Å². The summed E-state index contributed by atoms with van der Waals surface area (Å²) >= 11 is 3.26. The van der Waals surface area contributed by atoms with E-state index in [1.54, 1.807) is 19.1 Å². The number of hydrogen-bond acceptors (Lipinski definition) is 4. The number of ether oxygens (including phenoxy) is 1. The van der Waals surface area contributed by atoms with Gasteiger partial charge in [0.15, 0.2) is 0 Å². The second-order valence-electron chi connectivity index (χ2n) is 4.04. The fourth-order valence-electron chi connectivity index (χ4n) is 1.41. The zero-order valence-corrected chi connectivity index (χ0v) is 13.4. The third kappa shape index (κ3) is 4.76. The molecule has 1 aromatic rings. The van der Waals surface area contributed by atoms with Gasteiger partial charge < -0.3 is 10.5 Å². The lowest BCUT2D eigenvalue weighted by Gasteiger charge is -2.14. The molecule has 1 atom stereocenters. The Balaban J connectivity index is 3.02. The highest BCUT2D eigenvalue weighted by atomic mass is 79.9. The van der Waals surface area contributed by atoms with Crippen LogP contribution in [0.15, 0.2) is 27.6 Å². The first-order valence-corrected chi connectivity index (χ1v) is 8.36. The van der Waals surface area contributed by atoms with Crippen LogP contribution in [0.3, 0.4) is 0 Å². The van der Waals surface area contributed by atoms with E-state index in [-0.39, 0.29) is 17.5 Å². The molecule has 3 N–H and O–H groups in total. The molecule has 1 aromatic carbocycles. The number of sulfonamides is 1. The van der Waals surface area contributed by atoms with Gasteiger partial charge in [-0.3, -0.25) is 0 Å². The van der Waals surface area contributed by atoms with Crippen molar-refractivity contribution in [3.63, 3.8) is 0 Å². The molecular weight excluding hydrogens is 332 g/mol. The van der Waals surface area contributed by atoms with Crippen molar-refractivity contribution in [2.75, 3.05) is 13.2 Å². The van der Waals surface area contributed by atoms with E-state index in [4.69, 9.17) is 10.5 Å². The Labute approximate surface area is 122 Å². The molecule has 0 aromatic heterocycles. The largest absolute Gasteiger partial charge is 0.492 e. The van der Waals surface area contributed by atoms with E-state index < -0.39 is 10.0 Å². The number of rotatable bonds is 7. The van der Waals surface area contributed by atoms with Crippen LogP contribution in [0.5, 0.6) is 5.75 Å². The minimum Gasteiger partial charge on any atom is -0.492 e. The Morgan fingerprint density at radius 2 is 2.11 bits per heavy atom. The quantitative estimate of drug-likeness (QED) is 0.786. The van der Waals surface area contributed by atoms with E-state index in [0.717, 1.165) is 0 Å². The van der Waals surface area contributed by atoms with Crippen molar-refractivity contribution in [2.45, 2.75) is 31.2 Å². The van der Waals surface area contributed by atoms with Gasteiger partial charge >= 0.3 is 0 Å². The first-order valence-electron chi connectivity index (χ1n) is 6.08. The summed E-state index contributed by atoms with van der Waals surface area (Å²) in [5, 5.41) is 0. The molecule has 0 spiro atoms. The Bertz CT molecular complexity index is 520. The van der Waals surface area contributed by atoms with Gasteiger partial charge in [0.2, 0.25) is 10.0 Å². The number of nitrogens with one attached hydrogen (secondary N) is 1. The van der Waals surface area contributed by atoms with Crippen molar-refractivity contribution in [3.05, 3.63) is 22.7 Å². The summed E-state index contributed by atoms with van der Waals surface area (Å²) < 4.78 is 33.0. The SMILES string of the molecule is CCOc1ccc(Br)cc1S(=O)(=O)NCC(N)CC. The predicted molar refractivity (Wildman–Crippen MR) is 78.8 cm³/mol. The average molecular weight is 351 g/mol. The maximum atomic E-state index is 12.2. The maximum absolute atomic E-state index is 12.2. The molecule has 1 rings (SSSR count). The van der Waals surface area contributed by atoms with Gasteiger partial charge in [-0.05, 0) is 31.5 Å². The lowest BCUT2D eigenvalue weighted by molar-refractivity contribution is 0.331. The summed E-state index contributed by atoms with van der Waals surface area (Å²) in [7, 11) is -3.63. The zero-order chi connectivity index (χ0) is 14.5. The van der Waals surface area contributed by atoms with Crippen molar-refractivity contribution in [1.29, 1.82) is 0 Å². The third-order valence-corrected chi connectivity index (χ3v) is 4.49. The molecule has 0 fully saturated rings. The number of halogens is 1. The summed E-state index contributed by atoms with van der Waals surface area (Å²) in [4.78, 5) is 0.118. The average Bonchev–Trinajstić information content (AvgIpc) is 2.38. The van der Waals surface area contributed by atoms with E-state index >= 15 is 0 Å². The fraction of sp³-hybridized carbons (Fsp3) is 0.500. The topological polar surface area (TPSA) is 81.4 Å². The fourth-order valence-corrected chi connectivity index (χ4v) is 3.18. The first-order chi connectivity index (χ1) is 8.90. The van der Waals surface area contributed by atoms with Crippen LogP contribution in [-0.4, -0.2) is 27.6 Å². The second kappa shape index (κ2) is 7.23. The Hall–Kier alpha value is -0.630. The third-order valence-electron chi connectivity index (χ3n) is 2.56. The molecule has 0 saturated carbocycles. The van der Waals surface area contributed by atoms with Gasteiger partial charge in [0.25, 0.3) is 0 Å². The van der Waals surface area contributed by atoms with E-state index in [1.807, 2.05) is 6.92 Å². The summed E-state index contributed by atoms with van der Waals surface area (Å²) in [5.74, 6) is 0.336. The Morgan fingerprint density at radius 3 is 2.68 bits per heavy atom. The van der Waals surface area contributed by atoms with Crippen LogP contribution >= 0.6 is 15.9 Å². The molecule has 0 amide bonds. The van der Waals surface area contributed by atoms with Crippen LogP contribution in [0.25, 0.3) is 0 Å². The first kappa shape index (κ1) is 16.4. The molecule has 5 nitrogen and oxygen atoms in total. The zero-order valence-electron chi connectivity index (χ0n) is 11.0. The smallest absolute Gasteiger partial charge is 0.244 e. The van der Waals surface area contributed by atoms with Gasteiger partial charge in [0.1, 0.15) is 10.6 Å². The monoisotopic (exact) mass is 350 g/mol. The lowest BCUT2D eigenvalue weighted by atomic mass is 10.2. The van der Waals surface area contributed by atoms with Crippen molar-refractivity contribution in [1.82, 2.24) is 4.72 Å². The standard InChI is InChI=1S/C12H19BrN2O3S/c1-3-10(14)8-15-19(16,17)12-7-9(13)5-6-11(12)18-4-2/h5-7,10,15H,3-4,8,14H2,1-2H3. The highest BCUT2D eigenvalue weighted by Gasteiger charge is 2.20. The summed E-state index contributed by atoms with van der Waals surface area (Å²) in [5.41, 5.74) is 5.72. The highest BCUT2D eigenvalue weighted by molar-refractivity contribution is 9.10. The molecule has 0 aliphatic rings. The normalized spacial score (nSPS) is 13.3. The highest BCUT2D eigenvalue weighted by Crippen LogP contribution is 2.27. The van der Waals surface area contributed by atoms with Crippen LogP contribution in [0.1, 0.15) is 20.3 Å². The van der Waals surface area contributed by atoms with Crippen LogP contribution < -0.4 is 15.2 Å². The van der Waals surface area contributed by atoms with E-state index in [1.165, 1.54) is 6.07 Å². The molecule has 108 valence electrons. The van der Waals surface area contributed by atoms with Gasteiger partial charge in [-0.25, -0.2) is 13.1 Å². The molecular formula is C12H19BrN2O3S. The molecule has 0 heterocycles. The minimum atomic E-state index is -3.63. The second-order valence-corrected chi connectivity index (χ2v) is 6.70. The van der Waals surface area contributed by atoms with Crippen molar-refractivity contribution in [2.24, 2.45) is 5.73 Å². The van der Waals surface area contributed by atoms with Crippen LogP contribution in [0, 0.1) is 0 Å². The van der Waals surface area contributed by atoms with Crippen LogP contribution in [0.2, 0.25) is 0 Å². The van der Waals surface area contributed by atoms with Crippen molar-refractivity contribution < 1.29 is 13.2 Å². The summed E-state index contributed by atoms with van der Waals surface area (Å²) in [6.07, 6.45) is 0.708. The van der Waals surface area contributed by atoms with Crippen molar-refractivity contribution >= 4 is 26.0 Å². The molecule has 7 heteroatoms. The summed E-state index contributed by atoms with van der Waals surface area (Å²) in [6, 6.07) is 4.69. The molecule has 19 heavy (non-hydrogen) atoms. The van der Waals surface area contributed by atoms with Crippen LogP contribution in [0.4, 0.5) is 0 Å². The number of nitrogens with two attached hydrogens (primary N) is 1. The molecule has 0 bridgehead atoms. The van der Waals surface area contributed by atoms with Gasteiger partial charge in [-0.15, -0.1) is 0 Å². The Morgan fingerprint density at radius 1 is 1.42 bits per heavy atom. The van der Waals surface area contributed by atoms with E-state index in [9.17, 15) is 8.42 Å². The van der Waals surface area contributed by atoms with Gasteiger partial charge in [0, 0.05) is 17.1 Å². The molecule has 0 aliphatic carbocycles. The molecule has 0 saturated heterocycles. The summed E-state index contributed by atoms with van der Waals surface area (Å²) in [6.45, 7) is 4.32. The Kier molecular flexibility index (Phi) is 6.25.